The van der Waals surface area contributed by atoms with Crippen LogP contribution in [0.2, 0.25) is 0 Å². The van der Waals surface area contributed by atoms with E-state index >= 15 is 0 Å². The third-order valence-corrected chi connectivity index (χ3v) is 6.99. The van der Waals surface area contributed by atoms with Gasteiger partial charge in [-0.25, -0.2) is 0 Å². The quantitative estimate of drug-likeness (QED) is 0.211. The van der Waals surface area contributed by atoms with E-state index in [-0.39, 0.29) is 17.1 Å². The van der Waals surface area contributed by atoms with Crippen molar-refractivity contribution in [1.82, 2.24) is 4.90 Å². The first-order valence-electron chi connectivity index (χ1n) is 12.5. The molecule has 1 unspecified atom stereocenters. The summed E-state index contributed by atoms with van der Waals surface area (Å²) < 4.78 is 24.0. The lowest BCUT2D eigenvalue weighted by molar-refractivity contribution is 0.0707. The number of benzene rings is 3. The molecule has 0 saturated carbocycles. The standard InChI is InChI=1S/C30H28BrNO6/c1-3-36-25-16-20(10-12-24(25)37-18-19-8-5-4-6-9-19)27-26-28(33)22-17-21(31)11-13-23(22)38-29(26)30(34)32(27)14-7-15-35-2/h4-6,8-13,16-17,27H,3,7,14-15,18H2,1-2H3. The molecule has 0 aliphatic carbocycles. The molecule has 4 aromatic rings. The molecule has 0 bridgehead atoms. The van der Waals surface area contributed by atoms with Crippen molar-refractivity contribution in [2.45, 2.75) is 26.0 Å². The van der Waals surface area contributed by atoms with Crippen molar-refractivity contribution in [2.24, 2.45) is 0 Å². The highest BCUT2D eigenvalue weighted by Gasteiger charge is 2.42. The maximum atomic E-state index is 13.8. The van der Waals surface area contributed by atoms with E-state index < -0.39 is 6.04 Å². The van der Waals surface area contributed by atoms with Crippen LogP contribution in [0.25, 0.3) is 11.0 Å². The van der Waals surface area contributed by atoms with Gasteiger partial charge in [-0.15, -0.1) is 0 Å². The highest BCUT2D eigenvalue weighted by molar-refractivity contribution is 9.10. The largest absolute Gasteiger partial charge is 0.490 e. The number of hydrogen-bond donors (Lipinski definition) is 0. The molecule has 2 heterocycles. The molecule has 0 fully saturated rings. The van der Waals surface area contributed by atoms with E-state index in [1.807, 2.05) is 55.5 Å². The molecule has 1 amide bonds. The van der Waals surface area contributed by atoms with Crippen LogP contribution in [0.15, 0.2) is 80.4 Å². The topological polar surface area (TPSA) is 78.2 Å². The second-order valence-electron chi connectivity index (χ2n) is 8.98. The van der Waals surface area contributed by atoms with Gasteiger partial charge in [0.25, 0.3) is 5.91 Å². The van der Waals surface area contributed by atoms with Crippen molar-refractivity contribution in [3.63, 3.8) is 0 Å². The number of amides is 1. The zero-order valence-electron chi connectivity index (χ0n) is 21.2. The summed E-state index contributed by atoms with van der Waals surface area (Å²) in [5.74, 6) is 0.899. The molecule has 196 valence electrons. The number of carbonyl (C=O) groups is 1. The predicted octanol–water partition coefficient (Wildman–Crippen LogP) is 6.11. The van der Waals surface area contributed by atoms with Crippen molar-refractivity contribution < 1.29 is 23.4 Å². The zero-order valence-corrected chi connectivity index (χ0v) is 22.8. The van der Waals surface area contributed by atoms with Crippen LogP contribution in [0.4, 0.5) is 0 Å². The third-order valence-electron chi connectivity index (χ3n) is 6.50. The van der Waals surface area contributed by atoms with Crippen molar-refractivity contribution in [1.29, 1.82) is 0 Å². The summed E-state index contributed by atoms with van der Waals surface area (Å²) in [6.45, 7) is 3.61. The van der Waals surface area contributed by atoms with Crippen LogP contribution < -0.4 is 14.9 Å². The predicted molar refractivity (Wildman–Crippen MR) is 148 cm³/mol. The average Bonchev–Trinajstić information content (AvgIpc) is 3.21. The van der Waals surface area contributed by atoms with Crippen LogP contribution in [0.1, 0.15) is 46.6 Å². The van der Waals surface area contributed by atoms with E-state index in [1.54, 1.807) is 30.2 Å². The van der Waals surface area contributed by atoms with Crippen molar-refractivity contribution in [3.8, 4) is 11.5 Å². The van der Waals surface area contributed by atoms with Crippen molar-refractivity contribution in [3.05, 3.63) is 104 Å². The fourth-order valence-electron chi connectivity index (χ4n) is 4.77. The average molecular weight is 578 g/mol. The van der Waals surface area contributed by atoms with Crippen LogP contribution in [0.5, 0.6) is 11.5 Å². The van der Waals surface area contributed by atoms with E-state index in [2.05, 4.69) is 15.9 Å². The van der Waals surface area contributed by atoms with Gasteiger partial charge in [-0.05, 0) is 54.8 Å². The van der Waals surface area contributed by atoms with Crippen LogP contribution in [-0.2, 0) is 11.3 Å². The van der Waals surface area contributed by atoms with Gasteiger partial charge in [-0.3, -0.25) is 9.59 Å². The Morgan fingerprint density at radius 3 is 2.55 bits per heavy atom. The Balaban J connectivity index is 1.58. The Hall–Kier alpha value is -3.62. The van der Waals surface area contributed by atoms with Gasteiger partial charge in [-0.2, -0.15) is 0 Å². The zero-order chi connectivity index (χ0) is 26.6. The Bertz CT molecular complexity index is 1520. The molecule has 1 aromatic heterocycles. The highest BCUT2D eigenvalue weighted by Crippen LogP contribution is 2.41. The first-order chi connectivity index (χ1) is 18.5. The molecule has 0 radical (unpaired) electrons. The van der Waals surface area contributed by atoms with E-state index in [9.17, 15) is 9.59 Å². The lowest BCUT2D eigenvalue weighted by Gasteiger charge is -2.26. The third kappa shape index (κ3) is 5.06. The molecule has 1 atom stereocenters. The minimum absolute atomic E-state index is 0.0783. The molecule has 38 heavy (non-hydrogen) atoms. The van der Waals surface area contributed by atoms with Gasteiger partial charge in [-0.1, -0.05) is 52.3 Å². The minimum atomic E-state index is -0.628. The van der Waals surface area contributed by atoms with Gasteiger partial charge >= 0.3 is 0 Å². The number of fused-ring (bicyclic) bond motifs is 2. The van der Waals surface area contributed by atoms with Crippen molar-refractivity contribution in [2.75, 3.05) is 26.9 Å². The molecule has 7 nitrogen and oxygen atoms in total. The second kappa shape index (κ2) is 11.4. The number of hydrogen-bond acceptors (Lipinski definition) is 6. The fraction of sp³-hybridized carbons (Fsp3) is 0.267. The maximum absolute atomic E-state index is 13.8. The summed E-state index contributed by atoms with van der Waals surface area (Å²) >= 11 is 3.44. The number of halogens is 1. The van der Waals surface area contributed by atoms with Gasteiger partial charge in [0.2, 0.25) is 5.76 Å². The molecule has 1 aliphatic rings. The molecule has 3 aromatic carbocycles. The summed E-state index contributed by atoms with van der Waals surface area (Å²) in [7, 11) is 1.62. The maximum Gasteiger partial charge on any atom is 0.290 e. The number of carbonyl (C=O) groups excluding carboxylic acids is 1. The molecule has 5 rings (SSSR count). The molecule has 1 aliphatic heterocycles. The number of rotatable bonds is 10. The van der Waals surface area contributed by atoms with Gasteiger partial charge in [0, 0.05) is 24.7 Å². The van der Waals surface area contributed by atoms with E-state index in [0.717, 1.165) is 15.6 Å². The normalized spacial score (nSPS) is 14.7. The number of methoxy groups -OCH3 is 1. The Morgan fingerprint density at radius 2 is 1.79 bits per heavy atom. The molecular formula is C30H28BrNO6. The summed E-state index contributed by atoms with van der Waals surface area (Å²) in [5, 5.41) is 0.419. The summed E-state index contributed by atoms with van der Waals surface area (Å²) in [4.78, 5) is 29.0. The minimum Gasteiger partial charge on any atom is -0.490 e. The number of ether oxygens (including phenoxy) is 3. The number of nitrogens with zero attached hydrogens (tertiary/aromatic N) is 1. The van der Waals surface area contributed by atoms with Crippen LogP contribution in [0, 0.1) is 0 Å². The molecular weight excluding hydrogens is 550 g/mol. The fourth-order valence-corrected chi connectivity index (χ4v) is 5.13. The van der Waals surface area contributed by atoms with Crippen LogP contribution in [0.3, 0.4) is 0 Å². The monoisotopic (exact) mass is 577 g/mol. The lowest BCUT2D eigenvalue weighted by Crippen LogP contribution is -2.31. The van der Waals surface area contributed by atoms with Crippen LogP contribution in [-0.4, -0.2) is 37.7 Å². The summed E-state index contributed by atoms with van der Waals surface area (Å²) in [6, 6.07) is 20.0. The molecule has 0 N–H and O–H groups in total. The Morgan fingerprint density at radius 1 is 0.974 bits per heavy atom. The molecule has 0 saturated heterocycles. The van der Waals surface area contributed by atoms with Gasteiger partial charge in [0.15, 0.2) is 16.9 Å². The summed E-state index contributed by atoms with van der Waals surface area (Å²) in [5.41, 5.74) is 2.26. The van der Waals surface area contributed by atoms with Crippen molar-refractivity contribution >= 4 is 32.8 Å². The first kappa shape index (κ1) is 26.0. The Labute approximate surface area is 229 Å². The first-order valence-corrected chi connectivity index (χ1v) is 13.3. The lowest BCUT2D eigenvalue weighted by atomic mass is 9.98. The van der Waals surface area contributed by atoms with Gasteiger partial charge in [0.05, 0.1) is 23.6 Å². The van der Waals surface area contributed by atoms with E-state index in [0.29, 0.717) is 60.8 Å². The summed E-state index contributed by atoms with van der Waals surface area (Å²) in [6.07, 6.45) is 0.614. The van der Waals surface area contributed by atoms with E-state index in [1.165, 1.54) is 0 Å². The van der Waals surface area contributed by atoms with E-state index in [4.69, 9.17) is 18.6 Å². The second-order valence-corrected chi connectivity index (χ2v) is 9.89. The highest BCUT2D eigenvalue weighted by atomic mass is 79.9. The van der Waals surface area contributed by atoms with Gasteiger partial charge < -0.3 is 23.5 Å². The smallest absolute Gasteiger partial charge is 0.290 e. The molecule has 0 spiro atoms. The molecule has 8 heteroatoms. The van der Waals surface area contributed by atoms with Gasteiger partial charge in [0.1, 0.15) is 12.2 Å². The van der Waals surface area contributed by atoms with Crippen LogP contribution >= 0.6 is 15.9 Å². The SMILES string of the molecule is CCOc1cc(C2c3c(oc4ccc(Br)cc4c3=O)C(=O)N2CCCOC)ccc1OCc1ccccc1. The Kier molecular flexibility index (Phi) is 7.81.